The third-order valence-corrected chi connectivity index (χ3v) is 2.63. The van der Waals surface area contributed by atoms with Crippen LogP contribution in [0.2, 0.25) is 0 Å². The summed E-state index contributed by atoms with van der Waals surface area (Å²) in [5, 5.41) is 0.589. The maximum absolute atomic E-state index is 11.0. The Morgan fingerprint density at radius 3 is 2.10 bits per heavy atom. The summed E-state index contributed by atoms with van der Waals surface area (Å²) in [5.74, 6) is -0.195. The van der Waals surface area contributed by atoms with Crippen LogP contribution in [0.5, 0.6) is 0 Å². The van der Waals surface area contributed by atoms with Crippen molar-refractivity contribution in [2.75, 3.05) is 7.05 Å². The van der Waals surface area contributed by atoms with Crippen molar-refractivity contribution in [1.82, 2.24) is 4.90 Å². The van der Waals surface area contributed by atoms with E-state index >= 15 is 0 Å². The summed E-state index contributed by atoms with van der Waals surface area (Å²) in [5.41, 5.74) is 0. The first-order valence-electron chi connectivity index (χ1n) is 2.88. The van der Waals surface area contributed by atoms with Crippen LogP contribution in [0.3, 0.4) is 0 Å². The minimum atomic E-state index is -0.195. The van der Waals surface area contributed by atoms with E-state index in [1.807, 2.05) is 6.92 Å². The standard InChI is InChI=1S/C6H7Cl2NO/c1-3-4(7)5(8)6(10)9(3)2/h3H,1-2H3. The molecule has 1 atom stereocenters. The van der Waals surface area contributed by atoms with Gasteiger partial charge in [0.25, 0.3) is 5.91 Å². The number of nitrogens with zero attached hydrogens (tertiary/aromatic N) is 1. The van der Waals surface area contributed by atoms with Gasteiger partial charge in [-0.3, -0.25) is 4.79 Å². The Morgan fingerprint density at radius 1 is 1.50 bits per heavy atom. The number of amides is 1. The van der Waals surface area contributed by atoms with Crippen LogP contribution >= 0.6 is 23.2 Å². The third-order valence-electron chi connectivity index (χ3n) is 1.67. The van der Waals surface area contributed by atoms with Gasteiger partial charge in [0.1, 0.15) is 5.03 Å². The first-order chi connectivity index (χ1) is 4.55. The molecule has 0 aliphatic carbocycles. The van der Waals surface area contributed by atoms with Crippen molar-refractivity contribution in [2.24, 2.45) is 0 Å². The van der Waals surface area contributed by atoms with E-state index in [1.54, 1.807) is 7.05 Å². The zero-order valence-corrected chi connectivity index (χ0v) is 7.20. The second-order valence-electron chi connectivity index (χ2n) is 2.25. The Morgan fingerprint density at radius 2 is 2.00 bits per heavy atom. The van der Waals surface area contributed by atoms with Crippen molar-refractivity contribution >= 4 is 29.1 Å². The van der Waals surface area contributed by atoms with Gasteiger partial charge in [-0.25, -0.2) is 0 Å². The predicted octanol–water partition coefficient (Wildman–Crippen LogP) is 1.54. The Kier molecular flexibility index (Phi) is 1.92. The highest BCUT2D eigenvalue weighted by molar-refractivity contribution is 6.49. The molecule has 2 nitrogen and oxygen atoms in total. The molecule has 1 aliphatic rings. The van der Waals surface area contributed by atoms with E-state index in [1.165, 1.54) is 4.90 Å². The van der Waals surface area contributed by atoms with Crippen LogP contribution < -0.4 is 0 Å². The van der Waals surface area contributed by atoms with Gasteiger partial charge >= 0.3 is 0 Å². The van der Waals surface area contributed by atoms with Gasteiger partial charge in [-0.2, -0.15) is 0 Å². The monoisotopic (exact) mass is 179 g/mol. The Hall–Kier alpha value is -0.210. The highest BCUT2D eigenvalue weighted by atomic mass is 35.5. The van der Waals surface area contributed by atoms with Crippen molar-refractivity contribution in [3.05, 3.63) is 10.1 Å². The van der Waals surface area contributed by atoms with Crippen LogP contribution in [0.15, 0.2) is 10.1 Å². The molecule has 0 saturated heterocycles. The summed E-state index contributed by atoms with van der Waals surface area (Å²) in [6.07, 6.45) is 0. The summed E-state index contributed by atoms with van der Waals surface area (Å²) in [4.78, 5) is 12.5. The summed E-state index contributed by atoms with van der Waals surface area (Å²) >= 11 is 11.2. The minimum absolute atomic E-state index is 0.0679. The molecule has 1 aliphatic heterocycles. The van der Waals surface area contributed by atoms with Crippen LogP contribution in [-0.2, 0) is 4.79 Å². The molecular weight excluding hydrogens is 173 g/mol. The molecule has 56 valence electrons. The van der Waals surface area contributed by atoms with Crippen molar-refractivity contribution < 1.29 is 4.79 Å². The third kappa shape index (κ3) is 0.917. The zero-order chi connectivity index (χ0) is 7.89. The smallest absolute Gasteiger partial charge is 0.266 e. The Labute approximate surface area is 69.4 Å². The molecule has 0 radical (unpaired) electrons. The molecule has 0 aromatic heterocycles. The van der Waals surface area contributed by atoms with Crippen molar-refractivity contribution in [3.8, 4) is 0 Å². The molecule has 0 saturated carbocycles. The fourth-order valence-corrected chi connectivity index (χ4v) is 1.30. The molecule has 0 spiro atoms. The second kappa shape index (κ2) is 2.44. The summed E-state index contributed by atoms with van der Waals surface area (Å²) in [6, 6.07) is -0.0679. The molecule has 1 heterocycles. The number of halogens is 2. The number of likely N-dealkylation sites (N-methyl/N-ethyl adjacent to an activating group) is 1. The van der Waals surface area contributed by atoms with Gasteiger partial charge in [-0.05, 0) is 6.92 Å². The molecule has 0 fully saturated rings. The molecule has 4 heteroatoms. The van der Waals surface area contributed by atoms with Crippen LogP contribution in [0.25, 0.3) is 0 Å². The molecular formula is C6H7Cl2NO. The highest BCUT2D eigenvalue weighted by Crippen LogP contribution is 2.29. The van der Waals surface area contributed by atoms with E-state index in [2.05, 4.69) is 0 Å². The lowest BCUT2D eigenvalue weighted by Gasteiger charge is -2.14. The topological polar surface area (TPSA) is 20.3 Å². The van der Waals surface area contributed by atoms with Crippen LogP contribution in [-0.4, -0.2) is 23.9 Å². The van der Waals surface area contributed by atoms with E-state index in [4.69, 9.17) is 23.2 Å². The number of carbonyl (C=O) groups is 1. The Bertz CT molecular complexity index is 212. The van der Waals surface area contributed by atoms with Gasteiger partial charge in [0.05, 0.1) is 11.1 Å². The van der Waals surface area contributed by atoms with Gasteiger partial charge in [0.2, 0.25) is 0 Å². The van der Waals surface area contributed by atoms with Crippen LogP contribution in [0, 0.1) is 0 Å². The minimum Gasteiger partial charge on any atom is -0.333 e. The van der Waals surface area contributed by atoms with E-state index < -0.39 is 0 Å². The van der Waals surface area contributed by atoms with Gasteiger partial charge in [0, 0.05) is 7.05 Å². The van der Waals surface area contributed by atoms with E-state index in [0.717, 1.165) is 0 Å². The van der Waals surface area contributed by atoms with Crippen LogP contribution in [0.1, 0.15) is 6.92 Å². The van der Waals surface area contributed by atoms with Crippen molar-refractivity contribution in [2.45, 2.75) is 13.0 Å². The first kappa shape index (κ1) is 7.89. The molecule has 0 N–H and O–H groups in total. The summed E-state index contributed by atoms with van der Waals surface area (Å²) in [7, 11) is 1.67. The summed E-state index contributed by atoms with van der Waals surface area (Å²) in [6.45, 7) is 1.83. The van der Waals surface area contributed by atoms with Gasteiger partial charge in [0.15, 0.2) is 0 Å². The van der Waals surface area contributed by atoms with Crippen molar-refractivity contribution in [1.29, 1.82) is 0 Å². The normalized spacial score (nSPS) is 26.6. The molecule has 1 unspecified atom stereocenters. The fraction of sp³-hybridized carbons (Fsp3) is 0.500. The lowest BCUT2D eigenvalue weighted by Crippen LogP contribution is -2.28. The van der Waals surface area contributed by atoms with E-state index in [9.17, 15) is 4.79 Å². The lowest BCUT2D eigenvalue weighted by atomic mass is 10.3. The second-order valence-corrected chi connectivity index (χ2v) is 3.04. The summed E-state index contributed by atoms with van der Waals surface area (Å²) < 4.78 is 0. The molecule has 10 heavy (non-hydrogen) atoms. The van der Waals surface area contributed by atoms with Crippen molar-refractivity contribution in [3.63, 3.8) is 0 Å². The zero-order valence-electron chi connectivity index (χ0n) is 5.69. The maximum atomic E-state index is 11.0. The lowest BCUT2D eigenvalue weighted by molar-refractivity contribution is -0.124. The SMILES string of the molecule is CC1C(Cl)=C(Cl)C(=O)N1C. The van der Waals surface area contributed by atoms with Gasteiger partial charge in [-0.1, -0.05) is 23.2 Å². The maximum Gasteiger partial charge on any atom is 0.266 e. The largest absolute Gasteiger partial charge is 0.333 e. The number of carbonyl (C=O) groups excluding carboxylic acids is 1. The van der Waals surface area contributed by atoms with E-state index in [0.29, 0.717) is 5.03 Å². The van der Waals surface area contributed by atoms with Gasteiger partial charge < -0.3 is 4.90 Å². The average molecular weight is 180 g/mol. The fourth-order valence-electron chi connectivity index (χ4n) is 0.786. The number of hydrogen-bond donors (Lipinski definition) is 0. The molecule has 0 aromatic carbocycles. The predicted molar refractivity (Wildman–Crippen MR) is 41.0 cm³/mol. The van der Waals surface area contributed by atoms with Gasteiger partial charge in [-0.15, -0.1) is 0 Å². The number of rotatable bonds is 0. The van der Waals surface area contributed by atoms with Crippen LogP contribution in [0.4, 0.5) is 0 Å². The highest BCUT2D eigenvalue weighted by Gasteiger charge is 2.31. The first-order valence-corrected chi connectivity index (χ1v) is 3.63. The Balaban J connectivity index is 2.99. The molecule has 1 rings (SSSR count). The van der Waals surface area contributed by atoms with E-state index in [-0.39, 0.29) is 17.0 Å². The molecule has 1 amide bonds. The average Bonchev–Trinajstić information content (AvgIpc) is 2.07. The molecule has 0 aromatic rings. The number of hydrogen-bond acceptors (Lipinski definition) is 1. The molecule has 0 bridgehead atoms. The quantitative estimate of drug-likeness (QED) is 0.553.